The molecule has 1 aromatic heterocycles. The lowest BCUT2D eigenvalue weighted by molar-refractivity contribution is -0.155. The number of carboxylic acids is 1. The van der Waals surface area contributed by atoms with E-state index in [1.807, 2.05) is 48.5 Å². The summed E-state index contributed by atoms with van der Waals surface area (Å²) in [5.41, 5.74) is 2.25. The average Bonchev–Trinajstić information content (AvgIpc) is 3.38. The zero-order valence-corrected chi connectivity index (χ0v) is 17.7. The van der Waals surface area contributed by atoms with Crippen molar-refractivity contribution in [2.45, 2.75) is 18.4 Å². The molecule has 9 heteroatoms. The summed E-state index contributed by atoms with van der Waals surface area (Å²) in [6.07, 6.45) is 0.424. The van der Waals surface area contributed by atoms with Gasteiger partial charge in [-0.05, 0) is 29.2 Å². The lowest BCUT2D eigenvalue weighted by Gasteiger charge is -2.18. The molecule has 0 aliphatic heterocycles. The smallest absolute Gasteiger partial charge is 0.411 e. The summed E-state index contributed by atoms with van der Waals surface area (Å²) >= 11 is 0. The monoisotopic (exact) mass is 450 g/mol. The van der Waals surface area contributed by atoms with Gasteiger partial charge in [-0.2, -0.15) is 0 Å². The third-order valence-corrected chi connectivity index (χ3v) is 5.51. The van der Waals surface area contributed by atoms with Gasteiger partial charge in [0.1, 0.15) is 6.61 Å². The summed E-state index contributed by atoms with van der Waals surface area (Å²) in [4.78, 5) is 35.7. The number of anilines is 1. The van der Waals surface area contributed by atoms with Crippen molar-refractivity contribution in [1.82, 2.24) is 5.32 Å². The van der Waals surface area contributed by atoms with E-state index in [0.29, 0.717) is 0 Å². The van der Waals surface area contributed by atoms with Crippen LogP contribution in [0.4, 0.5) is 10.5 Å². The molecule has 0 spiro atoms. The molecule has 0 saturated heterocycles. The third-order valence-electron chi connectivity index (χ3n) is 5.51. The molecule has 0 bridgehead atoms. The van der Waals surface area contributed by atoms with Gasteiger partial charge in [-0.15, -0.1) is 0 Å². The zero-order valence-electron chi connectivity index (χ0n) is 17.7. The van der Waals surface area contributed by atoms with Crippen LogP contribution in [0.25, 0.3) is 11.1 Å². The van der Waals surface area contributed by atoms with Crippen molar-refractivity contribution in [3.8, 4) is 11.1 Å². The first kappa shape index (κ1) is 22.1. The maximum Gasteiger partial charge on any atom is 0.411 e. The third kappa shape index (κ3) is 4.44. The minimum Gasteiger partial charge on any atom is -0.479 e. The van der Waals surface area contributed by atoms with E-state index in [1.165, 1.54) is 12.3 Å². The van der Waals surface area contributed by atoms with Crippen LogP contribution in [-0.2, 0) is 9.53 Å². The van der Waals surface area contributed by atoms with Crippen molar-refractivity contribution < 1.29 is 33.8 Å². The second kappa shape index (κ2) is 8.79. The molecule has 4 rings (SSSR count). The van der Waals surface area contributed by atoms with Crippen molar-refractivity contribution in [2.75, 3.05) is 18.5 Å². The van der Waals surface area contributed by atoms with Crippen LogP contribution in [0.5, 0.6) is 0 Å². The Hall–Kier alpha value is -4.11. The Bertz CT molecular complexity index is 1170. The molecule has 1 atom stereocenters. The highest BCUT2D eigenvalue weighted by Gasteiger charge is 2.32. The summed E-state index contributed by atoms with van der Waals surface area (Å²) in [7, 11) is 0. The molecule has 1 aliphatic carbocycles. The number of nitrogens with one attached hydrogen (secondary N) is 2. The van der Waals surface area contributed by atoms with Crippen LogP contribution in [0.15, 0.2) is 65.3 Å². The molecule has 4 N–H and O–H groups in total. The van der Waals surface area contributed by atoms with E-state index in [2.05, 4.69) is 10.6 Å². The number of ether oxygens (including phenoxy) is 1. The minimum atomic E-state index is -2.15. The Morgan fingerprint density at radius 1 is 1.03 bits per heavy atom. The lowest BCUT2D eigenvalue weighted by atomic mass is 9.98. The first-order valence-corrected chi connectivity index (χ1v) is 10.2. The number of rotatable bonds is 7. The molecule has 0 saturated carbocycles. The van der Waals surface area contributed by atoms with Crippen LogP contribution in [0.2, 0.25) is 0 Å². The molecule has 3 aromatic rings. The van der Waals surface area contributed by atoms with E-state index >= 15 is 0 Å². The van der Waals surface area contributed by atoms with Crippen molar-refractivity contribution in [1.29, 1.82) is 0 Å². The van der Waals surface area contributed by atoms with Crippen LogP contribution in [0.1, 0.15) is 34.5 Å². The molecule has 9 nitrogen and oxygen atoms in total. The number of aliphatic carboxylic acids is 1. The number of fused-ring (bicyclic) bond motifs is 3. The van der Waals surface area contributed by atoms with Gasteiger partial charge in [0.25, 0.3) is 5.91 Å². The van der Waals surface area contributed by atoms with Crippen LogP contribution in [0, 0.1) is 0 Å². The van der Waals surface area contributed by atoms with E-state index in [1.54, 1.807) is 0 Å². The molecule has 2 aromatic carbocycles. The molecular weight excluding hydrogens is 428 g/mol. The van der Waals surface area contributed by atoms with E-state index in [9.17, 15) is 19.5 Å². The summed E-state index contributed by atoms with van der Waals surface area (Å²) in [5.74, 6) is -2.65. The van der Waals surface area contributed by atoms with Gasteiger partial charge in [-0.25, -0.2) is 9.59 Å². The lowest BCUT2D eigenvalue weighted by Crippen LogP contribution is -2.46. The van der Waals surface area contributed by atoms with Crippen molar-refractivity contribution in [3.63, 3.8) is 0 Å². The van der Waals surface area contributed by atoms with Gasteiger partial charge in [0.2, 0.25) is 5.76 Å². The molecule has 0 radical (unpaired) electrons. The number of carboxylic acid groups (broad SMARTS) is 1. The number of carbonyl (C=O) groups excluding carboxylic acids is 2. The van der Waals surface area contributed by atoms with Gasteiger partial charge < -0.3 is 24.7 Å². The zero-order chi connectivity index (χ0) is 23.6. The number of benzene rings is 2. The Kier molecular flexibility index (Phi) is 5.89. The molecular formula is C24H22N2O7. The van der Waals surface area contributed by atoms with Gasteiger partial charge in [-0.3, -0.25) is 10.1 Å². The summed E-state index contributed by atoms with van der Waals surface area (Å²) in [6.45, 7) is 0.598. The van der Waals surface area contributed by atoms with Crippen molar-refractivity contribution in [2.24, 2.45) is 0 Å². The number of furan rings is 1. The maximum absolute atomic E-state index is 12.4. The SMILES string of the molecule is CC(O)(CNC(=O)c1occc1NC(=O)OCC1c2ccccc2-c2ccccc21)C(=O)O. The van der Waals surface area contributed by atoms with E-state index in [4.69, 9.17) is 14.3 Å². The number of carbonyl (C=O) groups is 3. The fraction of sp³-hybridized carbons (Fsp3) is 0.208. The van der Waals surface area contributed by atoms with Gasteiger partial charge >= 0.3 is 12.1 Å². The van der Waals surface area contributed by atoms with Gasteiger partial charge in [0, 0.05) is 12.0 Å². The van der Waals surface area contributed by atoms with Crippen LogP contribution in [-0.4, -0.2) is 46.9 Å². The number of hydrogen-bond donors (Lipinski definition) is 4. The summed E-state index contributed by atoms with van der Waals surface area (Å²) in [6, 6.07) is 17.3. The van der Waals surface area contributed by atoms with E-state index < -0.39 is 30.1 Å². The second-order valence-corrected chi connectivity index (χ2v) is 7.88. The first-order chi connectivity index (χ1) is 15.8. The fourth-order valence-electron chi connectivity index (χ4n) is 3.74. The topological polar surface area (TPSA) is 138 Å². The van der Waals surface area contributed by atoms with E-state index in [0.717, 1.165) is 29.2 Å². The Balaban J connectivity index is 1.40. The molecule has 33 heavy (non-hydrogen) atoms. The van der Waals surface area contributed by atoms with Crippen molar-refractivity contribution in [3.05, 3.63) is 77.7 Å². The Labute approximate surface area is 189 Å². The predicted octanol–water partition coefficient (Wildman–Crippen LogP) is 3.21. The molecule has 170 valence electrons. The fourth-order valence-corrected chi connectivity index (χ4v) is 3.74. The molecule has 0 fully saturated rings. The van der Waals surface area contributed by atoms with Gasteiger partial charge in [0.15, 0.2) is 5.60 Å². The standard InChI is InChI=1S/C24H22N2O7/c1-24(31,22(28)29)13-25-21(27)20-19(10-11-32-20)26-23(30)33-12-18-16-8-4-2-6-14(16)15-7-3-5-9-17(15)18/h2-11,18,31H,12-13H2,1H3,(H,25,27)(H,26,30)(H,28,29). The normalized spacial score (nSPS) is 14.0. The highest BCUT2D eigenvalue weighted by atomic mass is 16.5. The van der Waals surface area contributed by atoms with Gasteiger partial charge in [-0.1, -0.05) is 48.5 Å². The highest BCUT2D eigenvalue weighted by molar-refractivity contribution is 6.00. The number of amides is 2. The predicted molar refractivity (Wildman–Crippen MR) is 118 cm³/mol. The highest BCUT2D eigenvalue weighted by Crippen LogP contribution is 2.44. The Morgan fingerprint density at radius 3 is 2.24 bits per heavy atom. The summed E-state index contributed by atoms with van der Waals surface area (Å²) < 4.78 is 10.6. The molecule has 1 aliphatic rings. The molecule has 1 heterocycles. The number of hydrogen-bond acceptors (Lipinski definition) is 6. The molecule has 2 amide bonds. The van der Waals surface area contributed by atoms with E-state index in [-0.39, 0.29) is 24.0 Å². The minimum absolute atomic E-state index is 0.0553. The van der Waals surface area contributed by atoms with Crippen LogP contribution >= 0.6 is 0 Å². The van der Waals surface area contributed by atoms with Gasteiger partial charge in [0.05, 0.1) is 18.5 Å². The second-order valence-electron chi connectivity index (χ2n) is 7.88. The quantitative estimate of drug-likeness (QED) is 0.434. The van der Waals surface area contributed by atoms with Crippen molar-refractivity contribution >= 4 is 23.7 Å². The maximum atomic E-state index is 12.4. The Morgan fingerprint density at radius 2 is 1.64 bits per heavy atom. The number of aliphatic hydroxyl groups is 1. The first-order valence-electron chi connectivity index (χ1n) is 10.2. The van der Waals surface area contributed by atoms with Crippen LogP contribution < -0.4 is 10.6 Å². The van der Waals surface area contributed by atoms with Crippen LogP contribution in [0.3, 0.4) is 0 Å². The average molecular weight is 450 g/mol. The molecule has 1 unspecified atom stereocenters. The largest absolute Gasteiger partial charge is 0.479 e. The summed E-state index contributed by atoms with van der Waals surface area (Å²) in [5, 5.41) is 23.4.